The van der Waals surface area contributed by atoms with Crippen LogP contribution in [0.3, 0.4) is 0 Å². The maximum Gasteiger partial charge on any atom is 0.340 e. The molecular weight excluding hydrogens is 274 g/mol. The summed E-state index contributed by atoms with van der Waals surface area (Å²) in [6, 6.07) is 0. The van der Waals surface area contributed by atoms with Gasteiger partial charge in [-0.05, 0) is 20.8 Å². The molecule has 0 bridgehead atoms. The summed E-state index contributed by atoms with van der Waals surface area (Å²) in [4.78, 5) is 37.1. The van der Waals surface area contributed by atoms with Crippen LogP contribution in [0.4, 0.5) is 0 Å². The molecule has 1 aliphatic rings. The van der Waals surface area contributed by atoms with Gasteiger partial charge in [0.25, 0.3) is 0 Å². The number of hydrogen-bond donors (Lipinski definition) is 0. The van der Waals surface area contributed by atoms with E-state index in [1.807, 2.05) is 6.92 Å². The molecule has 0 N–H and O–H groups in total. The highest BCUT2D eigenvalue weighted by molar-refractivity contribution is 6.28. The highest BCUT2D eigenvalue weighted by Gasteiger charge is 2.39. The van der Waals surface area contributed by atoms with Crippen molar-refractivity contribution < 1.29 is 23.9 Å². The standard InChI is InChI=1S/C15H17NO5/c1-6-16-8(3)9(15(19)21-5)10-11(16)12(17)7(2)14(20-4)13(10)18/h6H2,1-5H3. The largest absolute Gasteiger partial charge is 0.492 e. The van der Waals surface area contributed by atoms with E-state index in [4.69, 9.17) is 9.47 Å². The van der Waals surface area contributed by atoms with Crippen molar-refractivity contribution in [3.8, 4) is 0 Å². The van der Waals surface area contributed by atoms with Gasteiger partial charge in [0, 0.05) is 17.8 Å². The van der Waals surface area contributed by atoms with Crippen molar-refractivity contribution in [1.29, 1.82) is 0 Å². The summed E-state index contributed by atoms with van der Waals surface area (Å²) in [6.45, 7) is 5.55. The second-order valence-corrected chi connectivity index (χ2v) is 4.74. The number of methoxy groups -OCH3 is 2. The van der Waals surface area contributed by atoms with Crippen molar-refractivity contribution >= 4 is 17.5 Å². The summed E-state index contributed by atoms with van der Waals surface area (Å²) in [6.07, 6.45) is 0. The fourth-order valence-electron chi connectivity index (χ4n) is 2.75. The number of carbonyl (C=O) groups excluding carboxylic acids is 3. The van der Waals surface area contributed by atoms with Crippen molar-refractivity contribution in [2.45, 2.75) is 27.3 Å². The molecule has 1 aromatic heterocycles. The summed E-state index contributed by atoms with van der Waals surface area (Å²) in [5.74, 6) is -1.42. The van der Waals surface area contributed by atoms with E-state index in [1.165, 1.54) is 14.2 Å². The lowest BCUT2D eigenvalue weighted by atomic mass is 9.91. The van der Waals surface area contributed by atoms with Gasteiger partial charge in [-0.3, -0.25) is 9.59 Å². The van der Waals surface area contributed by atoms with E-state index in [1.54, 1.807) is 18.4 Å². The molecule has 0 aliphatic heterocycles. The predicted octanol–water partition coefficient (Wildman–Crippen LogP) is 1.90. The summed E-state index contributed by atoms with van der Waals surface area (Å²) >= 11 is 0. The van der Waals surface area contributed by atoms with E-state index >= 15 is 0 Å². The van der Waals surface area contributed by atoms with Crippen LogP contribution >= 0.6 is 0 Å². The highest BCUT2D eigenvalue weighted by atomic mass is 16.5. The number of allylic oxidation sites excluding steroid dienone is 2. The Morgan fingerprint density at radius 2 is 1.76 bits per heavy atom. The van der Waals surface area contributed by atoms with Crippen LogP contribution in [0.15, 0.2) is 11.3 Å². The normalized spacial score (nSPS) is 14.3. The van der Waals surface area contributed by atoms with E-state index in [-0.39, 0.29) is 33.9 Å². The molecule has 1 aromatic rings. The Morgan fingerprint density at radius 1 is 1.14 bits per heavy atom. The fraction of sp³-hybridized carbons (Fsp3) is 0.400. The molecule has 2 rings (SSSR count). The molecule has 0 unspecified atom stereocenters. The third-order valence-electron chi connectivity index (χ3n) is 3.76. The van der Waals surface area contributed by atoms with Gasteiger partial charge in [0.2, 0.25) is 11.6 Å². The summed E-state index contributed by atoms with van der Waals surface area (Å²) in [7, 11) is 2.57. The topological polar surface area (TPSA) is 74.6 Å². The number of nitrogens with zero attached hydrogens (tertiary/aromatic N) is 1. The quantitative estimate of drug-likeness (QED) is 0.795. The predicted molar refractivity (Wildman–Crippen MR) is 74.6 cm³/mol. The monoisotopic (exact) mass is 291 g/mol. The van der Waals surface area contributed by atoms with Gasteiger partial charge in [-0.2, -0.15) is 0 Å². The van der Waals surface area contributed by atoms with Gasteiger partial charge in [-0.1, -0.05) is 0 Å². The lowest BCUT2D eigenvalue weighted by Gasteiger charge is -2.17. The second-order valence-electron chi connectivity index (χ2n) is 4.74. The van der Waals surface area contributed by atoms with Crippen LogP contribution in [-0.2, 0) is 16.0 Å². The number of esters is 1. The smallest absolute Gasteiger partial charge is 0.340 e. The van der Waals surface area contributed by atoms with E-state index in [9.17, 15) is 14.4 Å². The van der Waals surface area contributed by atoms with Crippen LogP contribution in [0.5, 0.6) is 0 Å². The minimum atomic E-state index is -0.632. The first kappa shape index (κ1) is 15.0. The molecule has 0 aromatic carbocycles. The van der Waals surface area contributed by atoms with E-state index < -0.39 is 11.8 Å². The number of aromatic nitrogens is 1. The molecule has 6 nitrogen and oxygen atoms in total. The summed E-state index contributed by atoms with van der Waals surface area (Å²) in [5.41, 5.74) is 1.24. The first-order chi connectivity index (χ1) is 9.90. The molecule has 0 atom stereocenters. The Hall–Kier alpha value is -2.37. The van der Waals surface area contributed by atoms with Crippen LogP contribution in [-0.4, -0.2) is 36.3 Å². The van der Waals surface area contributed by atoms with Gasteiger partial charge < -0.3 is 14.0 Å². The Bertz CT molecular complexity index is 693. The number of rotatable bonds is 3. The molecule has 1 heterocycles. The van der Waals surface area contributed by atoms with Crippen LogP contribution in [0.2, 0.25) is 0 Å². The number of Topliss-reactive ketones (excluding diaryl/α,β-unsaturated/α-hetero) is 2. The molecule has 0 fully saturated rings. The van der Waals surface area contributed by atoms with Gasteiger partial charge >= 0.3 is 5.97 Å². The third kappa shape index (κ3) is 1.90. The van der Waals surface area contributed by atoms with Crippen molar-refractivity contribution in [3.63, 3.8) is 0 Å². The molecule has 0 saturated heterocycles. The van der Waals surface area contributed by atoms with Gasteiger partial charge in [-0.15, -0.1) is 0 Å². The Labute approximate surface area is 122 Å². The van der Waals surface area contributed by atoms with E-state index in [0.29, 0.717) is 12.2 Å². The first-order valence-electron chi connectivity index (χ1n) is 6.56. The SMILES string of the molecule is CCn1c(C)c(C(=O)OC)c2c1C(=O)C(C)=C(OC)C2=O. The Morgan fingerprint density at radius 3 is 2.24 bits per heavy atom. The number of fused-ring (bicyclic) bond motifs is 1. The average molecular weight is 291 g/mol. The highest BCUT2D eigenvalue weighted by Crippen LogP contribution is 2.33. The van der Waals surface area contributed by atoms with E-state index in [0.717, 1.165) is 0 Å². The maximum absolute atomic E-state index is 12.6. The Balaban J connectivity index is 2.87. The van der Waals surface area contributed by atoms with Crippen molar-refractivity contribution in [1.82, 2.24) is 4.57 Å². The molecule has 0 radical (unpaired) electrons. The van der Waals surface area contributed by atoms with Gasteiger partial charge in [0.05, 0.1) is 25.3 Å². The lowest BCUT2D eigenvalue weighted by molar-refractivity contribution is 0.0596. The van der Waals surface area contributed by atoms with Crippen LogP contribution in [0.25, 0.3) is 0 Å². The summed E-state index contributed by atoms with van der Waals surface area (Å²) < 4.78 is 11.5. The molecular formula is C15H17NO5. The van der Waals surface area contributed by atoms with Crippen LogP contribution in [0, 0.1) is 6.92 Å². The zero-order valence-corrected chi connectivity index (χ0v) is 12.7. The molecule has 6 heteroatoms. The summed E-state index contributed by atoms with van der Waals surface area (Å²) in [5, 5.41) is 0. The molecule has 21 heavy (non-hydrogen) atoms. The Kier molecular flexibility index (Phi) is 3.72. The van der Waals surface area contributed by atoms with Crippen molar-refractivity contribution in [2.75, 3.05) is 14.2 Å². The molecule has 0 spiro atoms. The lowest BCUT2D eigenvalue weighted by Crippen LogP contribution is -2.24. The van der Waals surface area contributed by atoms with Crippen LogP contribution < -0.4 is 0 Å². The third-order valence-corrected chi connectivity index (χ3v) is 3.76. The molecule has 0 amide bonds. The fourth-order valence-corrected chi connectivity index (χ4v) is 2.75. The number of hydrogen-bond acceptors (Lipinski definition) is 5. The molecule has 0 saturated carbocycles. The number of ketones is 2. The number of ether oxygens (including phenoxy) is 2. The van der Waals surface area contributed by atoms with Crippen LogP contribution in [0.1, 0.15) is 50.7 Å². The molecule has 112 valence electrons. The van der Waals surface area contributed by atoms with E-state index in [2.05, 4.69) is 0 Å². The van der Waals surface area contributed by atoms with Crippen molar-refractivity contribution in [2.24, 2.45) is 0 Å². The first-order valence-corrected chi connectivity index (χ1v) is 6.56. The van der Waals surface area contributed by atoms with Gasteiger partial charge in [-0.25, -0.2) is 4.79 Å². The average Bonchev–Trinajstić information content (AvgIpc) is 2.77. The molecule has 1 aliphatic carbocycles. The second kappa shape index (κ2) is 5.20. The zero-order chi connectivity index (χ0) is 15.9. The number of carbonyl (C=O) groups is 3. The zero-order valence-electron chi connectivity index (χ0n) is 12.7. The minimum absolute atomic E-state index is 0.0223. The maximum atomic E-state index is 12.6. The minimum Gasteiger partial charge on any atom is -0.492 e. The van der Waals surface area contributed by atoms with Gasteiger partial charge in [0.15, 0.2) is 5.76 Å². The van der Waals surface area contributed by atoms with Crippen molar-refractivity contribution in [3.05, 3.63) is 33.8 Å². The van der Waals surface area contributed by atoms with Gasteiger partial charge in [0.1, 0.15) is 5.69 Å².